The Morgan fingerprint density at radius 3 is 2.70 bits per heavy atom. The number of fused-ring (bicyclic) bond motifs is 1. The second-order valence-corrected chi connectivity index (χ2v) is 7.33. The molecule has 1 aromatic carbocycles. The summed E-state index contributed by atoms with van der Waals surface area (Å²) < 4.78 is 42.3. The van der Waals surface area contributed by atoms with Crippen LogP contribution in [0.3, 0.4) is 0 Å². The minimum absolute atomic E-state index is 0.0104. The first-order valence-corrected chi connectivity index (χ1v) is 8.70. The van der Waals surface area contributed by atoms with Crippen LogP contribution in [0.25, 0.3) is 11.0 Å². The van der Waals surface area contributed by atoms with Crippen molar-refractivity contribution in [3.63, 3.8) is 0 Å². The lowest BCUT2D eigenvalue weighted by atomic mass is 10.1. The number of nitrogen functional groups attached to an aromatic ring is 1. The van der Waals surface area contributed by atoms with Gasteiger partial charge in [-0.3, -0.25) is 0 Å². The Morgan fingerprint density at radius 1 is 1.41 bits per heavy atom. The first-order chi connectivity index (χ1) is 12.6. The molecule has 0 radical (unpaired) electrons. The standard InChI is InChI=1S/C17H20F3N5O2/c1-24-11-3-2-10(21)13(25-7-4-9(8-25)22-15(26)27)12(11)23-14(24)16(5-6-16)17(18,19)20/h2-3,9,22H,4-8,21H2,1H3,(H,26,27)/t9-/m1/s1. The van der Waals surface area contributed by atoms with Crippen molar-refractivity contribution in [2.24, 2.45) is 7.05 Å². The summed E-state index contributed by atoms with van der Waals surface area (Å²) in [5, 5.41) is 11.3. The molecule has 1 aliphatic heterocycles. The summed E-state index contributed by atoms with van der Waals surface area (Å²) in [6.45, 7) is 0.941. The molecule has 1 amide bonds. The highest BCUT2D eigenvalue weighted by Crippen LogP contribution is 2.59. The van der Waals surface area contributed by atoms with Crippen LogP contribution in [0.5, 0.6) is 0 Å². The molecule has 1 saturated carbocycles. The number of rotatable bonds is 3. The number of carboxylic acid groups (broad SMARTS) is 1. The summed E-state index contributed by atoms with van der Waals surface area (Å²) >= 11 is 0. The quantitative estimate of drug-likeness (QED) is 0.708. The number of aryl methyl sites for hydroxylation is 1. The minimum atomic E-state index is -4.35. The topological polar surface area (TPSA) is 96.4 Å². The Balaban J connectivity index is 1.78. The lowest BCUT2D eigenvalue weighted by Gasteiger charge is -2.21. The van der Waals surface area contributed by atoms with Gasteiger partial charge in [0.1, 0.15) is 16.8 Å². The summed E-state index contributed by atoms with van der Waals surface area (Å²) in [6, 6.07) is 3.08. The predicted octanol–water partition coefficient (Wildman–Crippen LogP) is 2.60. The molecule has 4 N–H and O–H groups in total. The van der Waals surface area contributed by atoms with Gasteiger partial charge in [-0.15, -0.1) is 0 Å². The maximum atomic E-state index is 13.6. The predicted molar refractivity (Wildman–Crippen MR) is 93.9 cm³/mol. The van der Waals surface area contributed by atoms with Gasteiger partial charge in [0.05, 0.1) is 22.9 Å². The van der Waals surface area contributed by atoms with Gasteiger partial charge in [-0.05, 0) is 31.4 Å². The van der Waals surface area contributed by atoms with E-state index in [1.807, 2.05) is 4.90 Å². The lowest BCUT2D eigenvalue weighted by Crippen LogP contribution is -2.36. The van der Waals surface area contributed by atoms with Gasteiger partial charge in [0, 0.05) is 20.1 Å². The highest BCUT2D eigenvalue weighted by molar-refractivity contribution is 5.96. The van der Waals surface area contributed by atoms with E-state index in [2.05, 4.69) is 10.3 Å². The third kappa shape index (κ3) is 2.65. The highest BCUT2D eigenvalue weighted by Gasteiger charge is 2.66. The van der Waals surface area contributed by atoms with Crippen LogP contribution in [-0.2, 0) is 12.5 Å². The Morgan fingerprint density at radius 2 is 2.11 bits per heavy atom. The summed E-state index contributed by atoms with van der Waals surface area (Å²) in [5.74, 6) is 0.0104. The molecular formula is C17H20F3N5O2. The van der Waals surface area contributed by atoms with E-state index in [1.165, 1.54) is 4.57 Å². The molecule has 1 aliphatic carbocycles. The van der Waals surface area contributed by atoms with Crippen LogP contribution in [0.4, 0.5) is 29.3 Å². The van der Waals surface area contributed by atoms with Crippen molar-refractivity contribution < 1.29 is 23.1 Å². The van der Waals surface area contributed by atoms with Gasteiger partial charge >= 0.3 is 12.3 Å². The van der Waals surface area contributed by atoms with Crippen molar-refractivity contribution in [3.05, 3.63) is 18.0 Å². The number of anilines is 2. The third-order valence-electron chi connectivity index (χ3n) is 5.61. The van der Waals surface area contributed by atoms with Crippen molar-refractivity contribution in [2.45, 2.75) is 36.9 Å². The van der Waals surface area contributed by atoms with Crippen LogP contribution in [0.2, 0.25) is 0 Å². The number of halogens is 3. The van der Waals surface area contributed by atoms with Gasteiger partial charge in [0.25, 0.3) is 0 Å². The van der Waals surface area contributed by atoms with Gasteiger partial charge in [-0.2, -0.15) is 13.2 Å². The molecule has 4 rings (SSSR count). The number of benzene rings is 1. The maximum absolute atomic E-state index is 13.6. The zero-order valence-corrected chi connectivity index (χ0v) is 14.7. The molecular weight excluding hydrogens is 363 g/mol. The fraction of sp³-hybridized carbons (Fsp3) is 0.529. The Hall–Kier alpha value is -2.65. The Labute approximate surface area is 152 Å². The zero-order chi connectivity index (χ0) is 19.6. The van der Waals surface area contributed by atoms with Crippen LogP contribution in [0.1, 0.15) is 25.1 Å². The average Bonchev–Trinajstić information content (AvgIpc) is 3.16. The van der Waals surface area contributed by atoms with Gasteiger partial charge in [-0.25, -0.2) is 9.78 Å². The van der Waals surface area contributed by atoms with Gasteiger partial charge in [-0.1, -0.05) is 0 Å². The molecule has 2 heterocycles. The first kappa shape index (κ1) is 17.7. The molecule has 10 heteroatoms. The highest BCUT2D eigenvalue weighted by atomic mass is 19.4. The van der Waals surface area contributed by atoms with Gasteiger partial charge in [0.15, 0.2) is 0 Å². The first-order valence-electron chi connectivity index (χ1n) is 8.70. The molecule has 1 saturated heterocycles. The van der Waals surface area contributed by atoms with E-state index in [0.29, 0.717) is 41.9 Å². The molecule has 0 spiro atoms. The van der Waals surface area contributed by atoms with E-state index in [0.717, 1.165) is 0 Å². The number of nitrogens with two attached hydrogens (primary N) is 1. The number of nitrogens with one attached hydrogen (secondary N) is 1. The Kier molecular flexibility index (Phi) is 3.73. The van der Waals surface area contributed by atoms with E-state index >= 15 is 0 Å². The second kappa shape index (κ2) is 5.67. The Bertz CT molecular complexity index is 919. The summed E-state index contributed by atoms with van der Waals surface area (Å²) in [7, 11) is 1.59. The van der Waals surface area contributed by atoms with E-state index in [-0.39, 0.29) is 24.7 Å². The zero-order valence-electron chi connectivity index (χ0n) is 14.7. The molecule has 0 bridgehead atoms. The van der Waals surface area contributed by atoms with Crippen LogP contribution >= 0.6 is 0 Å². The summed E-state index contributed by atoms with van der Waals surface area (Å²) in [6.07, 6.45) is -4.79. The number of imidazole rings is 1. The largest absolute Gasteiger partial charge is 0.465 e. The normalized spacial score (nSPS) is 21.6. The van der Waals surface area contributed by atoms with E-state index in [1.54, 1.807) is 19.2 Å². The number of alkyl halides is 3. The van der Waals surface area contributed by atoms with Gasteiger partial charge in [0.2, 0.25) is 0 Å². The monoisotopic (exact) mass is 383 g/mol. The molecule has 7 nitrogen and oxygen atoms in total. The van der Waals surface area contributed by atoms with E-state index < -0.39 is 17.7 Å². The number of hydrogen-bond acceptors (Lipinski definition) is 4. The van der Waals surface area contributed by atoms with E-state index in [4.69, 9.17) is 10.8 Å². The number of hydrogen-bond donors (Lipinski definition) is 3. The molecule has 1 atom stereocenters. The van der Waals surface area contributed by atoms with Crippen molar-refractivity contribution in [2.75, 3.05) is 23.7 Å². The average molecular weight is 383 g/mol. The molecule has 0 unspecified atom stereocenters. The molecule has 1 aromatic heterocycles. The maximum Gasteiger partial charge on any atom is 0.404 e. The van der Waals surface area contributed by atoms with Crippen molar-refractivity contribution in [3.8, 4) is 0 Å². The van der Waals surface area contributed by atoms with Crippen molar-refractivity contribution >= 4 is 28.5 Å². The number of nitrogens with zero attached hydrogens (tertiary/aromatic N) is 3. The second-order valence-electron chi connectivity index (χ2n) is 7.33. The van der Waals surface area contributed by atoms with Crippen LogP contribution in [-0.4, -0.2) is 46.1 Å². The summed E-state index contributed by atoms with van der Waals surface area (Å²) in [5.41, 5.74) is 6.25. The van der Waals surface area contributed by atoms with Crippen molar-refractivity contribution in [1.29, 1.82) is 0 Å². The number of carbonyl (C=O) groups is 1. The molecule has 2 aromatic rings. The van der Waals surface area contributed by atoms with Crippen LogP contribution in [0.15, 0.2) is 12.1 Å². The summed E-state index contributed by atoms with van der Waals surface area (Å²) in [4.78, 5) is 17.1. The van der Waals surface area contributed by atoms with Crippen LogP contribution in [0, 0.1) is 0 Å². The smallest absolute Gasteiger partial charge is 0.404 e. The van der Waals surface area contributed by atoms with E-state index in [9.17, 15) is 18.0 Å². The van der Waals surface area contributed by atoms with Crippen LogP contribution < -0.4 is 16.0 Å². The SMILES string of the molecule is Cn1c(C2(C(F)(F)F)CC2)nc2c(N3CC[C@@H](NC(=O)O)C3)c(N)ccc21. The van der Waals surface area contributed by atoms with Gasteiger partial charge < -0.3 is 25.6 Å². The fourth-order valence-electron chi connectivity index (χ4n) is 4.04. The number of amides is 1. The molecule has 27 heavy (non-hydrogen) atoms. The molecule has 2 fully saturated rings. The molecule has 146 valence electrons. The number of aromatic nitrogens is 2. The lowest BCUT2D eigenvalue weighted by molar-refractivity contribution is -0.162. The van der Waals surface area contributed by atoms with Crippen molar-refractivity contribution in [1.82, 2.24) is 14.9 Å². The minimum Gasteiger partial charge on any atom is -0.465 e. The third-order valence-corrected chi connectivity index (χ3v) is 5.61. The fourth-order valence-corrected chi connectivity index (χ4v) is 4.04. The molecule has 2 aliphatic rings.